The predicted octanol–water partition coefficient (Wildman–Crippen LogP) is -0.597. The molecule has 3 aromatic rings. The first-order valence-electron chi connectivity index (χ1n) is 4.55. The van der Waals surface area contributed by atoms with Crippen LogP contribution in [0, 0.1) is 0 Å². The first-order valence-corrected chi connectivity index (χ1v) is 4.55. The molecule has 0 atom stereocenters. The normalized spacial score (nSPS) is 10.8. The first kappa shape index (κ1) is 9.39. The molecule has 0 saturated carbocycles. The fourth-order valence-corrected chi connectivity index (χ4v) is 1.40. The van der Waals surface area contributed by atoms with Crippen LogP contribution in [0.1, 0.15) is 10.5 Å². The van der Waals surface area contributed by atoms with E-state index in [-0.39, 0.29) is 5.69 Å². The van der Waals surface area contributed by atoms with Gasteiger partial charge in [-0.2, -0.15) is 4.52 Å². The van der Waals surface area contributed by atoms with Crippen LogP contribution in [0.5, 0.6) is 0 Å². The van der Waals surface area contributed by atoms with E-state index in [2.05, 4.69) is 25.5 Å². The maximum Gasteiger partial charge on any atom is 0.356 e. The minimum absolute atomic E-state index is 0.0601. The van der Waals surface area contributed by atoms with E-state index in [1.807, 2.05) is 0 Å². The SMILES string of the molecule is O=C(O)c1cn(-c2cncc3nnnn23)cn1. The molecule has 84 valence electrons. The second-order valence-corrected chi connectivity index (χ2v) is 3.19. The van der Waals surface area contributed by atoms with E-state index in [0.29, 0.717) is 11.5 Å². The third kappa shape index (κ3) is 1.40. The summed E-state index contributed by atoms with van der Waals surface area (Å²) in [6.07, 6.45) is 5.73. The molecule has 0 aliphatic carbocycles. The Balaban J connectivity index is 2.19. The summed E-state index contributed by atoms with van der Waals surface area (Å²) in [4.78, 5) is 18.4. The summed E-state index contributed by atoms with van der Waals surface area (Å²) in [6.45, 7) is 0. The molecule has 0 unspecified atom stereocenters. The molecule has 0 spiro atoms. The van der Waals surface area contributed by atoms with Crippen molar-refractivity contribution >= 4 is 11.6 Å². The minimum Gasteiger partial charge on any atom is -0.476 e. The number of carbonyl (C=O) groups is 1. The van der Waals surface area contributed by atoms with Gasteiger partial charge < -0.3 is 5.11 Å². The van der Waals surface area contributed by atoms with Gasteiger partial charge in [0.15, 0.2) is 17.2 Å². The zero-order chi connectivity index (χ0) is 11.8. The average Bonchev–Trinajstić information content (AvgIpc) is 2.97. The lowest BCUT2D eigenvalue weighted by Gasteiger charge is -2.01. The maximum atomic E-state index is 10.7. The smallest absolute Gasteiger partial charge is 0.356 e. The van der Waals surface area contributed by atoms with Crippen LogP contribution in [0.15, 0.2) is 24.9 Å². The zero-order valence-corrected chi connectivity index (χ0v) is 8.30. The Morgan fingerprint density at radius 2 is 2.24 bits per heavy atom. The van der Waals surface area contributed by atoms with Gasteiger partial charge >= 0.3 is 5.97 Å². The van der Waals surface area contributed by atoms with Gasteiger partial charge in [0.1, 0.15) is 6.33 Å². The van der Waals surface area contributed by atoms with Crippen molar-refractivity contribution in [3.05, 3.63) is 30.6 Å². The number of fused-ring (bicyclic) bond motifs is 1. The van der Waals surface area contributed by atoms with Gasteiger partial charge in [0, 0.05) is 6.20 Å². The number of imidazole rings is 1. The molecule has 0 amide bonds. The van der Waals surface area contributed by atoms with Gasteiger partial charge in [0.2, 0.25) is 0 Å². The van der Waals surface area contributed by atoms with E-state index in [1.54, 1.807) is 0 Å². The van der Waals surface area contributed by atoms with E-state index in [1.165, 1.54) is 34.0 Å². The van der Waals surface area contributed by atoms with E-state index in [4.69, 9.17) is 5.11 Å². The third-order valence-electron chi connectivity index (χ3n) is 2.16. The number of tetrazole rings is 1. The van der Waals surface area contributed by atoms with Crippen LogP contribution in [0.3, 0.4) is 0 Å². The first-order chi connectivity index (χ1) is 8.25. The molecule has 0 bridgehead atoms. The van der Waals surface area contributed by atoms with Gasteiger partial charge in [-0.1, -0.05) is 0 Å². The van der Waals surface area contributed by atoms with Crippen molar-refractivity contribution in [1.82, 2.24) is 34.6 Å². The number of carboxylic acids is 1. The maximum absolute atomic E-state index is 10.7. The molecular weight excluding hydrogens is 226 g/mol. The minimum atomic E-state index is -1.10. The largest absolute Gasteiger partial charge is 0.476 e. The monoisotopic (exact) mass is 231 g/mol. The van der Waals surface area contributed by atoms with E-state index in [9.17, 15) is 4.79 Å². The summed E-state index contributed by atoms with van der Waals surface area (Å²) in [5.41, 5.74) is 0.406. The van der Waals surface area contributed by atoms with Crippen LogP contribution in [0.4, 0.5) is 0 Å². The molecule has 3 heterocycles. The summed E-state index contributed by atoms with van der Waals surface area (Å²) in [6, 6.07) is 0. The molecule has 0 aromatic carbocycles. The Hall–Kier alpha value is -2.84. The molecule has 9 nitrogen and oxygen atoms in total. The van der Waals surface area contributed by atoms with Crippen molar-refractivity contribution in [2.45, 2.75) is 0 Å². The highest BCUT2D eigenvalue weighted by Gasteiger charge is 2.10. The van der Waals surface area contributed by atoms with Gasteiger partial charge in [-0.3, -0.25) is 9.55 Å². The average molecular weight is 231 g/mol. The Morgan fingerprint density at radius 3 is 3.00 bits per heavy atom. The Kier molecular flexibility index (Phi) is 1.84. The van der Waals surface area contributed by atoms with Gasteiger partial charge in [-0.05, 0) is 10.4 Å². The second-order valence-electron chi connectivity index (χ2n) is 3.19. The Bertz CT molecular complexity index is 701. The molecule has 0 aliphatic rings. The third-order valence-corrected chi connectivity index (χ3v) is 2.16. The molecule has 0 saturated heterocycles. The van der Waals surface area contributed by atoms with Crippen molar-refractivity contribution < 1.29 is 9.90 Å². The lowest BCUT2D eigenvalue weighted by atomic mass is 10.5. The van der Waals surface area contributed by atoms with Gasteiger partial charge in [0.05, 0.1) is 12.4 Å². The number of hydrogen-bond acceptors (Lipinski definition) is 6. The highest BCUT2D eigenvalue weighted by molar-refractivity contribution is 5.85. The fraction of sp³-hybridized carbons (Fsp3) is 0. The molecule has 0 aliphatic heterocycles. The van der Waals surface area contributed by atoms with Crippen molar-refractivity contribution in [2.24, 2.45) is 0 Å². The number of aromatic carboxylic acids is 1. The highest BCUT2D eigenvalue weighted by atomic mass is 16.4. The van der Waals surface area contributed by atoms with Crippen LogP contribution in [-0.4, -0.2) is 45.7 Å². The molecule has 17 heavy (non-hydrogen) atoms. The lowest BCUT2D eigenvalue weighted by molar-refractivity contribution is 0.0691. The van der Waals surface area contributed by atoms with Crippen LogP contribution in [-0.2, 0) is 0 Å². The number of rotatable bonds is 2. The Morgan fingerprint density at radius 1 is 1.35 bits per heavy atom. The molecule has 9 heteroatoms. The standard InChI is InChI=1S/C8H5N7O2/c16-8(17)5-3-14(4-10-5)7-2-9-1-6-11-12-13-15(6)7/h1-4H,(H,16,17). The van der Waals surface area contributed by atoms with Crippen LogP contribution in [0.25, 0.3) is 11.5 Å². The molecule has 1 N–H and O–H groups in total. The summed E-state index contributed by atoms with van der Waals surface area (Å²) in [5, 5.41) is 19.8. The lowest BCUT2D eigenvalue weighted by Crippen LogP contribution is -2.03. The zero-order valence-electron chi connectivity index (χ0n) is 8.30. The van der Waals surface area contributed by atoms with Crippen LogP contribution >= 0.6 is 0 Å². The number of hydrogen-bond donors (Lipinski definition) is 1. The number of nitrogens with zero attached hydrogens (tertiary/aromatic N) is 7. The fourth-order valence-electron chi connectivity index (χ4n) is 1.40. The summed E-state index contributed by atoms with van der Waals surface area (Å²) in [7, 11) is 0. The van der Waals surface area contributed by atoms with Gasteiger partial charge in [-0.15, -0.1) is 5.10 Å². The summed E-state index contributed by atoms with van der Waals surface area (Å²) in [5.74, 6) is -0.590. The summed E-state index contributed by atoms with van der Waals surface area (Å²) >= 11 is 0. The highest BCUT2D eigenvalue weighted by Crippen LogP contribution is 2.07. The van der Waals surface area contributed by atoms with E-state index < -0.39 is 5.97 Å². The van der Waals surface area contributed by atoms with Crippen molar-refractivity contribution in [1.29, 1.82) is 0 Å². The van der Waals surface area contributed by atoms with Gasteiger partial charge in [0.25, 0.3) is 0 Å². The second kappa shape index (κ2) is 3.33. The topological polar surface area (TPSA) is 111 Å². The van der Waals surface area contributed by atoms with Gasteiger partial charge in [-0.25, -0.2) is 9.78 Å². The Labute approximate surface area is 93.4 Å². The van der Waals surface area contributed by atoms with Crippen molar-refractivity contribution in [3.63, 3.8) is 0 Å². The molecule has 0 fully saturated rings. The van der Waals surface area contributed by atoms with Crippen LogP contribution < -0.4 is 0 Å². The van der Waals surface area contributed by atoms with E-state index >= 15 is 0 Å². The molecule has 3 aromatic heterocycles. The molecular formula is C8H5N7O2. The van der Waals surface area contributed by atoms with E-state index in [0.717, 1.165) is 0 Å². The van der Waals surface area contributed by atoms with Crippen molar-refractivity contribution in [3.8, 4) is 5.82 Å². The number of aromatic nitrogens is 7. The van der Waals surface area contributed by atoms with Crippen molar-refractivity contribution in [2.75, 3.05) is 0 Å². The number of carboxylic acid groups (broad SMARTS) is 1. The molecule has 0 radical (unpaired) electrons. The summed E-state index contributed by atoms with van der Waals surface area (Å²) < 4.78 is 2.92. The predicted molar refractivity (Wildman–Crippen MR) is 52.7 cm³/mol. The quantitative estimate of drug-likeness (QED) is 0.626. The molecule has 3 rings (SSSR count). The van der Waals surface area contributed by atoms with Crippen LogP contribution in [0.2, 0.25) is 0 Å².